The zero-order chi connectivity index (χ0) is 23.2. The second-order valence-corrected chi connectivity index (χ2v) is 8.49. The van der Waals surface area contributed by atoms with E-state index in [1.165, 1.54) is 23.9 Å². The highest BCUT2D eigenvalue weighted by Gasteiger charge is 2.20. The van der Waals surface area contributed by atoms with E-state index in [9.17, 15) is 14.9 Å². The van der Waals surface area contributed by atoms with Gasteiger partial charge in [-0.1, -0.05) is 36.0 Å². The van der Waals surface area contributed by atoms with Gasteiger partial charge in [-0.15, -0.1) is 10.2 Å². The van der Waals surface area contributed by atoms with Gasteiger partial charge in [0.05, 0.1) is 36.1 Å². The molecule has 4 rings (SSSR count). The number of aryl methyl sites for hydroxylation is 1. The average Bonchev–Trinajstić information content (AvgIpc) is 3.22. The van der Waals surface area contributed by atoms with Crippen molar-refractivity contribution >= 4 is 29.0 Å². The van der Waals surface area contributed by atoms with E-state index in [4.69, 9.17) is 4.74 Å². The van der Waals surface area contributed by atoms with Crippen molar-refractivity contribution in [2.75, 3.05) is 37.4 Å². The fraction of sp³-hybridized carbons (Fsp3) is 0.318. The summed E-state index contributed by atoms with van der Waals surface area (Å²) in [6.45, 7) is 5.46. The largest absolute Gasteiger partial charge is 0.379 e. The molecule has 0 radical (unpaired) electrons. The lowest BCUT2D eigenvalue weighted by atomic mass is 10.2. The molecule has 0 atom stereocenters. The number of hydrogen-bond acceptors (Lipinski definition) is 8. The lowest BCUT2D eigenvalue weighted by molar-refractivity contribution is -0.384. The van der Waals surface area contributed by atoms with Crippen LogP contribution in [-0.2, 0) is 16.1 Å². The molecule has 0 aliphatic carbocycles. The molecular weight excluding hydrogens is 444 g/mol. The number of carbonyl (C=O) groups excluding carboxylic acids is 1. The van der Waals surface area contributed by atoms with Gasteiger partial charge in [-0.3, -0.25) is 24.4 Å². The summed E-state index contributed by atoms with van der Waals surface area (Å²) >= 11 is 1.27. The highest BCUT2D eigenvalue weighted by atomic mass is 32.2. The number of rotatable bonds is 8. The van der Waals surface area contributed by atoms with Gasteiger partial charge in [0.1, 0.15) is 0 Å². The Labute approximate surface area is 195 Å². The molecule has 33 heavy (non-hydrogen) atoms. The number of non-ortho nitro benzene ring substituents is 1. The van der Waals surface area contributed by atoms with Crippen molar-refractivity contribution in [1.82, 2.24) is 19.7 Å². The van der Waals surface area contributed by atoms with Gasteiger partial charge < -0.3 is 10.1 Å². The molecule has 2 heterocycles. The minimum Gasteiger partial charge on any atom is -0.379 e. The molecule has 1 saturated heterocycles. The number of morpholine rings is 1. The number of hydrogen-bond donors (Lipinski definition) is 1. The van der Waals surface area contributed by atoms with Crippen molar-refractivity contribution in [2.45, 2.75) is 18.6 Å². The number of nitro groups is 1. The van der Waals surface area contributed by atoms with Crippen LogP contribution in [0, 0.1) is 17.0 Å². The third-order valence-electron chi connectivity index (χ3n) is 5.22. The summed E-state index contributed by atoms with van der Waals surface area (Å²) in [7, 11) is 0. The highest BCUT2D eigenvalue weighted by molar-refractivity contribution is 7.99. The number of para-hydroxylation sites is 1. The highest BCUT2D eigenvalue weighted by Crippen LogP contribution is 2.25. The van der Waals surface area contributed by atoms with Gasteiger partial charge in [0, 0.05) is 30.9 Å². The van der Waals surface area contributed by atoms with Gasteiger partial charge >= 0.3 is 0 Å². The van der Waals surface area contributed by atoms with Crippen LogP contribution in [0.1, 0.15) is 11.4 Å². The second-order valence-electron chi connectivity index (χ2n) is 7.55. The molecule has 10 nitrogen and oxygen atoms in total. The summed E-state index contributed by atoms with van der Waals surface area (Å²) in [5.74, 6) is 0.603. The van der Waals surface area contributed by atoms with E-state index in [0.29, 0.717) is 30.6 Å². The first kappa shape index (κ1) is 22.9. The Morgan fingerprint density at radius 1 is 1.18 bits per heavy atom. The quantitative estimate of drug-likeness (QED) is 0.305. The monoisotopic (exact) mass is 468 g/mol. The van der Waals surface area contributed by atoms with E-state index < -0.39 is 4.92 Å². The number of nitrogens with zero attached hydrogens (tertiary/aromatic N) is 5. The average molecular weight is 469 g/mol. The molecule has 1 aromatic heterocycles. The first-order chi connectivity index (χ1) is 16.0. The normalized spacial score (nSPS) is 14.2. The van der Waals surface area contributed by atoms with Crippen molar-refractivity contribution in [2.24, 2.45) is 0 Å². The summed E-state index contributed by atoms with van der Waals surface area (Å²) < 4.78 is 7.39. The maximum absolute atomic E-state index is 12.6. The summed E-state index contributed by atoms with van der Waals surface area (Å²) in [5, 5.41) is 23.1. The van der Waals surface area contributed by atoms with E-state index in [0.717, 1.165) is 30.2 Å². The Morgan fingerprint density at radius 3 is 2.67 bits per heavy atom. The van der Waals surface area contributed by atoms with E-state index in [1.807, 2.05) is 34.9 Å². The lowest BCUT2D eigenvalue weighted by Crippen LogP contribution is -2.36. The predicted octanol–water partition coefficient (Wildman–Crippen LogP) is 3.05. The molecule has 1 fully saturated rings. The van der Waals surface area contributed by atoms with Crippen LogP contribution in [0.2, 0.25) is 0 Å². The molecule has 3 aromatic rings. The first-order valence-corrected chi connectivity index (χ1v) is 11.5. The molecule has 0 bridgehead atoms. The Hall–Kier alpha value is -3.28. The summed E-state index contributed by atoms with van der Waals surface area (Å²) in [6.07, 6.45) is 0. The molecule has 1 aliphatic rings. The molecule has 1 N–H and O–H groups in total. The third-order valence-corrected chi connectivity index (χ3v) is 6.15. The van der Waals surface area contributed by atoms with E-state index >= 15 is 0 Å². The van der Waals surface area contributed by atoms with Gasteiger partial charge in [-0.25, -0.2) is 0 Å². The summed E-state index contributed by atoms with van der Waals surface area (Å²) in [6, 6.07) is 14.2. The standard InChI is InChI=1S/C22H24N6O4S/c1-16-7-8-18(28(30)31)13-19(16)23-21(29)15-33-22-25-24-20(14-26-9-11-32-12-10-26)27(22)17-5-3-2-4-6-17/h2-8,13H,9-12,14-15H2,1H3,(H,23,29). The predicted molar refractivity (Wildman–Crippen MR) is 125 cm³/mol. The van der Waals surface area contributed by atoms with Crippen molar-refractivity contribution in [1.29, 1.82) is 0 Å². The number of nitro benzene ring substituents is 1. The SMILES string of the molecule is Cc1ccc([N+](=O)[O-])cc1NC(=O)CSc1nnc(CN2CCOCC2)n1-c1ccccc1. The Kier molecular flexibility index (Phi) is 7.33. The van der Waals surface area contributed by atoms with Gasteiger partial charge in [0.15, 0.2) is 11.0 Å². The van der Waals surface area contributed by atoms with Gasteiger partial charge in [-0.2, -0.15) is 0 Å². The number of amides is 1. The molecule has 172 valence electrons. The van der Waals surface area contributed by atoms with Crippen LogP contribution in [0.15, 0.2) is 53.7 Å². The third kappa shape index (κ3) is 5.75. The maximum atomic E-state index is 12.6. The zero-order valence-corrected chi connectivity index (χ0v) is 19.0. The smallest absolute Gasteiger partial charge is 0.271 e. The number of anilines is 1. The van der Waals surface area contributed by atoms with Crippen LogP contribution in [0.4, 0.5) is 11.4 Å². The van der Waals surface area contributed by atoms with E-state index in [2.05, 4.69) is 20.4 Å². The fourth-order valence-electron chi connectivity index (χ4n) is 3.47. The van der Waals surface area contributed by atoms with Crippen molar-refractivity contribution in [3.63, 3.8) is 0 Å². The van der Waals surface area contributed by atoms with Crippen molar-refractivity contribution < 1.29 is 14.5 Å². The lowest BCUT2D eigenvalue weighted by Gasteiger charge is -2.26. The van der Waals surface area contributed by atoms with Crippen molar-refractivity contribution in [3.05, 3.63) is 70.0 Å². The van der Waals surface area contributed by atoms with Crippen molar-refractivity contribution in [3.8, 4) is 5.69 Å². The second kappa shape index (κ2) is 10.6. The number of nitrogens with one attached hydrogen (secondary N) is 1. The topological polar surface area (TPSA) is 115 Å². The fourth-order valence-corrected chi connectivity index (χ4v) is 4.24. The Morgan fingerprint density at radius 2 is 1.94 bits per heavy atom. The summed E-state index contributed by atoms with van der Waals surface area (Å²) in [5.41, 5.74) is 2.02. The maximum Gasteiger partial charge on any atom is 0.271 e. The molecular formula is C22H24N6O4S. The zero-order valence-electron chi connectivity index (χ0n) is 18.1. The minimum absolute atomic E-state index is 0.0693. The first-order valence-electron chi connectivity index (χ1n) is 10.5. The van der Waals surface area contributed by atoms with Crippen LogP contribution in [-0.4, -0.2) is 62.6 Å². The Bertz CT molecular complexity index is 1130. The van der Waals surface area contributed by atoms with Crippen LogP contribution >= 0.6 is 11.8 Å². The summed E-state index contributed by atoms with van der Waals surface area (Å²) in [4.78, 5) is 25.4. The van der Waals surface area contributed by atoms with E-state index in [-0.39, 0.29) is 17.3 Å². The molecule has 0 unspecified atom stereocenters. The number of thioether (sulfide) groups is 1. The van der Waals surface area contributed by atoms with Gasteiger partial charge in [0.2, 0.25) is 5.91 Å². The number of aromatic nitrogens is 3. The number of benzene rings is 2. The van der Waals surface area contributed by atoms with Crippen LogP contribution in [0.3, 0.4) is 0 Å². The molecule has 11 heteroatoms. The van der Waals surface area contributed by atoms with Gasteiger partial charge in [-0.05, 0) is 24.6 Å². The molecule has 2 aromatic carbocycles. The number of ether oxygens (including phenoxy) is 1. The Balaban J connectivity index is 1.49. The van der Waals surface area contributed by atoms with E-state index in [1.54, 1.807) is 13.0 Å². The van der Waals surface area contributed by atoms with Crippen LogP contribution in [0.5, 0.6) is 0 Å². The minimum atomic E-state index is -0.484. The van der Waals surface area contributed by atoms with Gasteiger partial charge in [0.25, 0.3) is 5.69 Å². The van der Waals surface area contributed by atoms with Crippen LogP contribution < -0.4 is 5.32 Å². The molecule has 0 spiro atoms. The molecule has 0 saturated carbocycles. The molecule has 1 aliphatic heterocycles. The number of carbonyl (C=O) groups is 1. The molecule has 1 amide bonds. The van der Waals surface area contributed by atoms with Crippen LogP contribution in [0.25, 0.3) is 5.69 Å².